The predicted molar refractivity (Wildman–Crippen MR) is 123 cm³/mol. The molecule has 0 N–H and O–H groups in total. The SMILES string of the molecule is C=CCCN(C(=O)Cc1ccc(OC)c(OC)c1)C(=O)c1ccccc1CS(=O)CC. The van der Waals surface area contributed by atoms with E-state index < -0.39 is 16.7 Å². The second-order valence-electron chi connectivity index (χ2n) is 6.82. The molecule has 0 fully saturated rings. The fourth-order valence-corrected chi connectivity index (χ4v) is 3.90. The second-order valence-corrected chi connectivity index (χ2v) is 8.57. The van der Waals surface area contributed by atoms with Gasteiger partial charge in [0.25, 0.3) is 5.91 Å². The van der Waals surface area contributed by atoms with Gasteiger partial charge in [-0.25, -0.2) is 0 Å². The number of methoxy groups -OCH3 is 2. The van der Waals surface area contributed by atoms with Gasteiger partial charge in [-0.3, -0.25) is 18.7 Å². The van der Waals surface area contributed by atoms with Crippen LogP contribution in [0, 0.1) is 0 Å². The molecule has 1 unspecified atom stereocenters. The van der Waals surface area contributed by atoms with Crippen molar-refractivity contribution < 1.29 is 23.3 Å². The van der Waals surface area contributed by atoms with Crippen LogP contribution in [0.2, 0.25) is 0 Å². The highest BCUT2D eigenvalue weighted by molar-refractivity contribution is 7.84. The predicted octanol–water partition coefficient (Wildman–Crippen LogP) is 3.76. The van der Waals surface area contributed by atoms with Gasteiger partial charge in [0.15, 0.2) is 11.5 Å². The fraction of sp³-hybridized carbons (Fsp3) is 0.333. The summed E-state index contributed by atoms with van der Waals surface area (Å²) in [5, 5.41) is 0. The van der Waals surface area contributed by atoms with Crippen LogP contribution in [0.1, 0.15) is 34.8 Å². The summed E-state index contributed by atoms with van der Waals surface area (Å²) in [4.78, 5) is 27.7. The van der Waals surface area contributed by atoms with Crippen LogP contribution in [-0.2, 0) is 27.8 Å². The number of hydrogen-bond donors (Lipinski definition) is 0. The Kier molecular flexibility index (Phi) is 9.46. The lowest BCUT2D eigenvalue weighted by Gasteiger charge is -2.22. The first kappa shape index (κ1) is 24.3. The van der Waals surface area contributed by atoms with E-state index in [1.54, 1.807) is 55.7 Å². The molecule has 166 valence electrons. The van der Waals surface area contributed by atoms with E-state index in [1.165, 1.54) is 12.0 Å². The van der Waals surface area contributed by atoms with E-state index in [1.807, 2.05) is 6.92 Å². The number of benzene rings is 2. The molecule has 2 rings (SSSR count). The third-order valence-corrected chi connectivity index (χ3v) is 6.07. The third-order valence-electron chi connectivity index (χ3n) is 4.79. The Labute approximate surface area is 186 Å². The van der Waals surface area contributed by atoms with Gasteiger partial charge in [-0.05, 0) is 35.7 Å². The average molecular weight is 444 g/mol. The smallest absolute Gasteiger partial charge is 0.260 e. The van der Waals surface area contributed by atoms with E-state index in [0.717, 1.165) is 0 Å². The summed E-state index contributed by atoms with van der Waals surface area (Å²) in [6.45, 7) is 5.76. The maximum absolute atomic E-state index is 13.3. The van der Waals surface area contributed by atoms with Gasteiger partial charge in [-0.1, -0.05) is 37.3 Å². The van der Waals surface area contributed by atoms with Gasteiger partial charge in [0.05, 0.1) is 20.6 Å². The Morgan fingerprint density at radius 1 is 1.10 bits per heavy atom. The number of amides is 2. The average Bonchev–Trinajstić information content (AvgIpc) is 2.79. The molecule has 2 aromatic carbocycles. The molecule has 0 radical (unpaired) electrons. The molecule has 0 saturated carbocycles. The summed E-state index contributed by atoms with van der Waals surface area (Å²) in [6, 6.07) is 12.2. The molecule has 0 aliphatic carbocycles. The summed E-state index contributed by atoms with van der Waals surface area (Å²) in [6.07, 6.45) is 2.18. The van der Waals surface area contributed by atoms with Crippen LogP contribution in [0.25, 0.3) is 0 Å². The van der Waals surface area contributed by atoms with Gasteiger partial charge in [-0.2, -0.15) is 0 Å². The minimum Gasteiger partial charge on any atom is -0.493 e. The Balaban J connectivity index is 2.31. The molecule has 2 amide bonds. The number of carbonyl (C=O) groups is 2. The van der Waals surface area contributed by atoms with E-state index >= 15 is 0 Å². The van der Waals surface area contributed by atoms with Crippen LogP contribution in [0.5, 0.6) is 11.5 Å². The second kappa shape index (κ2) is 12.1. The molecule has 0 saturated heterocycles. The molecule has 0 spiro atoms. The van der Waals surface area contributed by atoms with E-state index in [0.29, 0.717) is 40.4 Å². The molecule has 31 heavy (non-hydrogen) atoms. The topological polar surface area (TPSA) is 72.9 Å². The van der Waals surface area contributed by atoms with Crippen LogP contribution in [0.15, 0.2) is 55.1 Å². The van der Waals surface area contributed by atoms with Crippen molar-refractivity contribution in [1.82, 2.24) is 4.90 Å². The summed E-state index contributed by atoms with van der Waals surface area (Å²) >= 11 is 0. The van der Waals surface area contributed by atoms with Gasteiger partial charge >= 0.3 is 0 Å². The summed E-state index contributed by atoms with van der Waals surface area (Å²) in [5.41, 5.74) is 1.78. The normalized spacial score (nSPS) is 11.5. The standard InChI is InChI=1S/C24H29NO5S/c1-5-7-14-25(23(26)16-18-12-13-21(29-3)22(15-18)30-4)24(27)20-11-9-8-10-19(20)17-31(28)6-2/h5,8-13,15H,1,6-7,14,16-17H2,2-4H3. The van der Waals surface area contributed by atoms with Crippen molar-refractivity contribution in [2.24, 2.45) is 0 Å². The summed E-state index contributed by atoms with van der Waals surface area (Å²) < 4.78 is 22.6. The molecule has 6 nitrogen and oxygen atoms in total. The van der Waals surface area contributed by atoms with Gasteiger partial charge in [0, 0.05) is 34.4 Å². The van der Waals surface area contributed by atoms with Crippen molar-refractivity contribution in [3.05, 3.63) is 71.8 Å². The van der Waals surface area contributed by atoms with E-state index in [9.17, 15) is 13.8 Å². The summed E-state index contributed by atoms with van der Waals surface area (Å²) in [5.74, 6) is 1.14. The molecule has 7 heteroatoms. The van der Waals surface area contributed by atoms with Crippen molar-refractivity contribution in [3.63, 3.8) is 0 Å². The van der Waals surface area contributed by atoms with E-state index in [2.05, 4.69) is 6.58 Å². The van der Waals surface area contributed by atoms with Crippen LogP contribution >= 0.6 is 0 Å². The number of rotatable bonds is 11. The molecule has 1 atom stereocenters. The quantitative estimate of drug-likeness (QED) is 0.495. The Bertz CT molecular complexity index is 957. The maximum Gasteiger partial charge on any atom is 0.260 e. The van der Waals surface area contributed by atoms with Gasteiger partial charge in [0.2, 0.25) is 5.91 Å². The van der Waals surface area contributed by atoms with E-state index in [4.69, 9.17) is 9.47 Å². The van der Waals surface area contributed by atoms with Crippen LogP contribution in [0.4, 0.5) is 0 Å². The molecular formula is C24H29NO5S. The third kappa shape index (κ3) is 6.52. The van der Waals surface area contributed by atoms with Gasteiger partial charge in [-0.15, -0.1) is 6.58 Å². The van der Waals surface area contributed by atoms with E-state index in [-0.39, 0.29) is 24.6 Å². The molecule has 0 aliphatic heterocycles. The largest absolute Gasteiger partial charge is 0.493 e. The molecule has 0 aromatic heterocycles. The molecule has 0 heterocycles. The highest BCUT2D eigenvalue weighted by Gasteiger charge is 2.25. The number of imide groups is 1. The van der Waals surface area contributed by atoms with Gasteiger partial charge in [0.1, 0.15) is 0 Å². The minimum absolute atomic E-state index is 0.0340. The van der Waals surface area contributed by atoms with Crippen LogP contribution in [0.3, 0.4) is 0 Å². The molecule has 2 aromatic rings. The Hall–Kier alpha value is -2.93. The van der Waals surface area contributed by atoms with Gasteiger partial charge < -0.3 is 9.47 Å². The first-order valence-corrected chi connectivity index (χ1v) is 11.5. The zero-order chi connectivity index (χ0) is 22.8. The fourth-order valence-electron chi connectivity index (χ4n) is 3.10. The minimum atomic E-state index is -1.07. The first-order valence-electron chi connectivity index (χ1n) is 10.0. The zero-order valence-electron chi connectivity index (χ0n) is 18.3. The molecular weight excluding hydrogens is 414 g/mol. The van der Waals surface area contributed by atoms with Crippen molar-refractivity contribution in [3.8, 4) is 11.5 Å². The lowest BCUT2D eigenvalue weighted by Crippen LogP contribution is -2.39. The molecule has 0 bridgehead atoms. The first-order chi connectivity index (χ1) is 14.9. The highest BCUT2D eigenvalue weighted by atomic mass is 32.2. The lowest BCUT2D eigenvalue weighted by molar-refractivity contribution is -0.127. The van der Waals surface area contributed by atoms with Crippen LogP contribution in [-0.4, -0.2) is 47.4 Å². The van der Waals surface area contributed by atoms with Crippen molar-refractivity contribution in [1.29, 1.82) is 0 Å². The summed E-state index contributed by atoms with van der Waals surface area (Å²) in [7, 11) is 2.00. The van der Waals surface area contributed by atoms with Crippen LogP contribution < -0.4 is 9.47 Å². The number of nitrogens with zero attached hydrogens (tertiary/aromatic N) is 1. The molecule has 0 aliphatic rings. The maximum atomic E-state index is 13.3. The van der Waals surface area contributed by atoms with Crippen molar-refractivity contribution in [2.75, 3.05) is 26.5 Å². The number of hydrogen-bond acceptors (Lipinski definition) is 5. The van der Waals surface area contributed by atoms with Crippen molar-refractivity contribution >= 4 is 22.6 Å². The number of ether oxygens (including phenoxy) is 2. The Morgan fingerprint density at radius 2 is 1.81 bits per heavy atom. The Morgan fingerprint density at radius 3 is 2.45 bits per heavy atom. The lowest BCUT2D eigenvalue weighted by atomic mass is 10.1. The van der Waals surface area contributed by atoms with Crippen molar-refractivity contribution in [2.45, 2.75) is 25.5 Å². The monoisotopic (exact) mass is 443 g/mol. The zero-order valence-corrected chi connectivity index (χ0v) is 19.1. The highest BCUT2D eigenvalue weighted by Crippen LogP contribution is 2.28. The number of carbonyl (C=O) groups excluding carboxylic acids is 2.